The topological polar surface area (TPSA) is 91.2 Å². The van der Waals surface area contributed by atoms with Gasteiger partial charge in [0.2, 0.25) is 0 Å². The normalized spacial score (nSPS) is 23.4. The Morgan fingerprint density at radius 2 is 2.11 bits per heavy atom. The number of amidine groups is 1. The average Bonchev–Trinajstić information content (AvgIpc) is 2.64. The molecule has 106 valence electrons. The lowest BCUT2D eigenvalue weighted by Crippen LogP contribution is -2.44. The first-order valence-electron chi connectivity index (χ1n) is 6.72. The van der Waals surface area contributed by atoms with Crippen molar-refractivity contribution in [3.8, 4) is 0 Å². The number of nitrogens with zero attached hydrogens (tertiary/aromatic N) is 3. The zero-order valence-corrected chi connectivity index (χ0v) is 11.8. The number of nitrogens with two attached hydrogens (primary N) is 1. The third kappa shape index (κ3) is 2.45. The SMILES string of the molecule is Cc1nn(C)c(N(C)C2CCCCC2O)c1C(=N)N. The number of aliphatic hydroxyl groups is 1. The van der Waals surface area contributed by atoms with Gasteiger partial charge in [0.05, 0.1) is 23.4 Å². The van der Waals surface area contributed by atoms with Gasteiger partial charge in [0.1, 0.15) is 11.7 Å². The van der Waals surface area contributed by atoms with Gasteiger partial charge in [-0.05, 0) is 19.8 Å². The van der Waals surface area contributed by atoms with E-state index in [9.17, 15) is 5.11 Å². The van der Waals surface area contributed by atoms with Gasteiger partial charge in [0.15, 0.2) is 0 Å². The molecule has 6 nitrogen and oxygen atoms in total. The van der Waals surface area contributed by atoms with Crippen LogP contribution in [0.3, 0.4) is 0 Å². The van der Waals surface area contributed by atoms with Crippen LogP contribution < -0.4 is 10.6 Å². The van der Waals surface area contributed by atoms with Gasteiger partial charge in [-0.3, -0.25) is 10.1 Å². The van der Waals surface area contributed by atoms with Gasteiger partial charge in [0.25, 0.3) is 0 Å². The number of anilines is 1. The Bertz CT molecular complexity index is 482. The predicted molar refractivity (Wildman–Crippen MR) is 75.6 cm³/mol. The van der Waals surface area contributed by atoms with Crippen LogP contribution in [0.1, 0.15) is 36.9 Å². The molecule has 1 aromatic heterocycles. The van der Waals surface area contributed by atoms with Crippen LogP contribution in [0, 0.1) is 12.3 Å². The summed E-state index contributed by atoms with van der Waals surface area (Å²) in [4.78, 5) is 2.03. The Balaban J connectivity index is 2.37. The standard InChI is InChI=1S/C13H23N5O/c1-8-11(12(14)15)13(18(3)16-8)17(2)9-6-4-5-7-10(9)19/h9-10,19H,4-7H2,1-3H3,(H3,14,15). The zero-order chi connectivity index (χ0) is 14.2. The summed E-state index contributed by atoms with van der Waals surface area (Å²) in [7, 11) is 3.79. The molecule has 1 saturated carbocycles. The van der Waals surface area contributed by atoms with Crippen molar-refractivity contribution in [3.05, 3.63) is 11.3 Å². The highest BCUT2D eigenvalue weighted by Gasteiger charge is 2.30. The van der Waals surface area contributed by atoms with Crippen molar-refractivity contribution < 1.29 is 5.11 Å². The van der Waals surface area contributed by atoms with Crippen molar-refractivity contribution >= 4 is 11.7 Å². The van der Waals surface area contributed by atoms with E-state index in [1.807, 2.05) is 25.9 Å². The van der Waals surface area contributed by atoms with Gasteiger partial charge in [0, 0.05) is 14.1 Å². The molecule has 0 aliphatic heterocycles. The number of hydrogen-bond donors (Lipinski definition) is 3. The Kier molecular flexibility index (Phi) is 3.80. The highest BCUT2D eigenvalue weighted by molar-refractivity contribution is 6.00. The van der Waals surface area contributed by atoms with Gasteiger partial charge in [-0.2, -0.15) is 5.10 Å². The maximum Gasteiger partial charge on any atom is 0.137 e. The monoisotopic (exact) mass is 265 g/mol. The van der Waals surface area contributed by atoms with E-state index < -0.39 is 0 Å². The second kappa shape index (κ2) is 5.21. The fourth-order valence-electron chi connectivity index (χ4n) is 3.07. The molecular formula is C13H23N5O. The highest BCUT2D eigenvalue weighted by Crippen LogP contribution is 2.29. The minimum absolute atomic E-state index is 0.0257. The van der Waals surface area contributed by atoms with Crippen LogP contribution in [-0.4, -0.2) is 39.9 Å². The molecule has 0 bridgehead atoms. The third-order valence-electron chi connectivity index (χ3n) is 3.99. The quantitative estimate of drug-likeness (QED) is 0.555. The van der Waals surface area contributed by atoms with E-state index >= 15 is 0 Å². The molecule has 0 radical (unpaired) electrons. The molecule has 19 heavy (non-hydrogen) atoms. The molecule has 2 rings (SSSR count). The van der Waals surface area contributed by atoms with Crippen LogP contribution in [0.15, 0.2) is 0 Å². The number of likely N-dealkylation sites (N-methyl/N-ethyl adjacent to an activating group) is 1. The van der Waals surface area contributed by atoms with Crippen LogP contribution in [0.25, 0.3) is 0 Å². The van der Waals surface area contributed by atoms with E-state index in [2.05, 4.69) is 5.10 Å². The van der Waals surface area contributed by atoms with Crippen LogP contribution in [-0.2, 0) is 7.05 Å². The molecule has 0 aromatic carbocycles. The van der Waals surface area contributed by atoms with Crippen LogP contribution >= 0.6 is 0 Å². The van der Waals surface area contributed by atoms with E-state index in [0.29, 0.717) is 5.56 Å². The lowest BCUT2D eigenvalue weighted by Gasteiger charge is -2.36. The van der Waals surface area contributed by atoms with E-state index in [4.69, 9.17) is 11.1 Å². The van der Waals surface area contributed by atoms with Crippen molar-refractivity contribution in [2.45, 2.75) is 44.8 Å². The maximum atomic E-state index is 10.2. The van der Waals surface area contributed by atoms with Gasteiger partial charge in [-0.1, -0.05) is 12.8 Å². The largest absolute Gasteiger partial charge is 0.391 e. The third-order valence-corrected chi connectivity index (χ3v) is 3.99. The van der Waals surface area contributed by atoms with Gasteiger partial charge >= 0.3 is 0 Å². The van der Waals surface area contributed by atoms with E-state index in [0.717, 1.165) is 37.2 Å². The Labute approximate surface area is 113 Å². The number of nitrogens with one attached hydrogen (secondary N) is 1. The van der Waals surface area contributed by atoms with E-state index in [1.165, 1.54) is 0 Å². The number of aromatic nitrogens is 2. The molecular weight excluding hydrogens is 242 g/mol. The summed E-state index contributed by atoms with van der Waals surface area (Å²) in [6.45, 7) is 1.85. The summed E-state index contributed by atoms with van der Waals surface area (Å²) in [6.07, 6.45) is 3.67. The van der Waals surface area contributed by atoms with Gasteiger partial charge < -0.3 is 15.7 Å². The summed E-state index contributed by atoms with van der Waals surface area (Å²) in [5.41, 5.74) is 7.09. The first kappa shape index (κ1) is 13.9. The first-order chi connectivity index (χ1) is 8.93. The molecule has 1 aliphatic rings. The fourth-order valence-corrected chi connectivity index (χ4v) is 3.07. The predicted octanol–water partition coefficient (Wildman–Crippen LogP) is 0.752. The number of rotatable bonds is 3. The highest BCUT2D eigenvalue weighted by atomic mass is 16.3. The minimum atomic E-state index is -0.325. The molecule has 1 aromatic rings. The molecule has 2 atom stereocenters. The van der Waals surface area contributed by atoms with Crippen LogP contribution in [0.2, 0.25) is 0 Å². The number of aryl methyl sites for hydroxylation is 2. The Morgan fingerprint density at radius 1 is 1.47 bits per heavy atom. The fraction of sp³-hybridized carbons (Fsp3) is 0.692. The molecule has 0 saturated heterocycles. The molecule has 1 fully saturated rings. The average molecular weight is 265 g/mol. The van der Waals surface area contributed by atoms with E-state index in [1.54, 1.807) is 4.68 Å². The number of hydrogen-bond acceptors (Lipinski definition) is 4. The van der Waals surface area contributed by atoms with E-state index in [-0.39, 0.29) is 18.0 Å². The zero-order valence-electron chi connectivity index (χ0n) is 11.8. The summed E-state index contributed by atoms with van der Waals surface area (Å²) < 4.78 is 1.74. The second-order valence-corrected chi connectivity index (χ2v) is 5.35. The minimum Gasteiger partial charge on any atom is -0.391 e. The summed E-state index contributed by atoms with van der Waals surface area (Å²) >= 11 is 0. The van der Waals surface area contributed by atoms with Crippen LogP contribution in [0.4, 0.5) is 5.82 Å². The number of nitrogen functional groups attached to an aromatic ring is 1. The van der Waals surface area contributed by atoms with Crippen molar-refractivity contribution in [1.29, 1.82) is 5.41 Å². The summed E-state index contributed by atoms with van der Waals surface area (Å²) in [5, 5.41) is 22.2. The Hall–Kier alpha value is -1.56. The molecule has 1 heterocycles. The van der Waals surface area contributed by atoms with Gasteiger partial charge in [-0.25, -0.2) is 0 Å². The lowest BCUT2D eigenvalue weighted by atomic mass is 9.91. The lowest BCUT2D eigenvalue weighted by molar-refractivity contribution is 0.105. The van der Waals surface area contributed by atoms with Crippen molar-refractivity contribution in [3.63, 3.8) is 0 Å². The number of aliphatic hydroxyl groups excluding tert-OH is 1. The molecule has 2 unspecified atom stereocenters. The van der Waals surface area contributed by atoms with Crippen molar-refractivity contribution in [1.82, 2.24) is 9.78 Å². The molecule has 0 amide bonds. The summed E-state index contributed by atoms with van der Waals surface area (Å²) in [5.74, 6) is 0.841. The molecule has 0 spiro atoms. The molecule has 6 heteroatoms. The second-order valence-electron chi connectivity index (χ2n) is 5.35. The first-order valence-corrected chi connectivity index (χ1v) is 6.72. The molecule has 1 aliphatic carbocycles. The van der Waals surface area contributed by atoms with Crippen molar-refractivity contribution in [2.24, 2.45) is 12.8 Å². The maximum absolute atomic E-state index is 10.2. The van der Waals surface area contributed by atoms with Crippen LogP contribution in [0.5, 0.6) is 0 Å². The van der Waals surface area contributed by atoms with Crippen molar-refractivity contribution in [2.75, 3.05) is 11.9 Å². The smallest absolute Gasteiger partial charge is 0.137 e. The molecule has 4 N–H and O–H groups in total. The van der Waals surface area contributed by atoms with Gasteiger partial charge in [-0.15, -0.1) is 0 Å². The Morgan fingerprint density at radius 3 is 2.68 bits per heavy atom. The summed E-state index contributed by atoms with van der Waals surface area (Å²) in [6, 6.07) is 0.0710.